The summed E-state index contributed by atoms with van der Waals surface area (Å²) in [6.07, 6.45) is 0. The van der Waals surface area contributed by atoms with E-state index in [9.17, 15) is 18.0 Å². The molecule has 7 heteroatoms. The standard InChI is InChI=1S/C13H17NO5S/c1-9-3-5-11(6-4-9)7-20(18,19)8-12(13(16)17)14-10(2)15/h3-6,12H,7-8H2,1-2H3,(H,14,15)(H,16,17). The van der Waals surface area contributed by atoms with Gasteiger partial charge in [-0.05, 0) is 12.5 Å². The van der Waals surface area contributed by atoms with E-state index in [2.05, 4.69) is 5.32 Å². The second-order valence-electron chi connectivity index (χ2n) is 4.63. The molecule has 0 heterocycles. The van der Waals surface area contributed by atoms with Gasteiger partial charge in [-0.15, -0.1) is 0 Å². The summed E-state index contributed by atoms with van der Waals surface area (Å²) < 4.78 is 23.9. The molecule has 0 radical (unpaired) electrons. The molecule has 0 aromatic heterocycles. The van der Waals surface area contributed by atoms with Crippen LogP contribution in [0.1, 0.15) is 18.1 Å². The summed E-state index contributed by atoms with van der Waals surface area (Å²) in [4.78, 5) is 21.8. The van der Waals surface area contributed by atoms with E-state index in [-0.39, 0.29) is 5.75 Å². The number of sulfone groups is 1. The number of carbonyl (C=O) groups is 2. The molecule has 0 aliphatic heterocycles. The van der Waals surface area contributed by atoms with E-state index < -0.39 is 33.5 Å². The van der Waals surface area contributed by atoms with E-state index in [4.69, 9.17) is 5.11 Å². The summed E-state index contributed by atoms with van der Waals surface area (Å²) in [6.45, 7) is 3.03. The number of hydrogen-bond acceptors (Lipinski definition) is 4. The van der Waals surface area contributed by atoms with Gasteiger partial charge in [0, 0.05) is 6.92 Å². The Morgan fingerprint density at radius 3 is 2.25 bits per heavy atom. The average molecular weight is 299 g/mol. The predicted molar refractivity (Wildman–Crippen MR) is 73.9 cm³/mol. The predicted octanol–water partition coefficient (Wildman–Crippen LogP) is 0.499. The summed E-state index contributed by atoms with van der Waals surface area (Å²) in [7, 11) is -3.63. The summed E-state index contributed by atoms with van der Waals surface area (Å²) in [5, 5.41) is 11.0. The monoisotopic (exact) mass is 299 g/mol. The van der Waals surface area contributed by atoms with Crippen molar-refractivity contribution in [2.75, 3.05) is 5.75 Å². The van der Waals surface area contributed by atoms with E-state index >= 15 is 0 Å². The Balaban J connectivity index is 2.79. The van der Waals surface area contributed by atoms with Gasteiger partial charge in [-0.3, -0.25) is 4.79 Å². The molecule has 0 fully saturated rings. The minimum absolute atomic E-state index is 0.253. The van der Waals surface area contributed by atoms with Crippen molar-refractivity contribution in [1.82, 2.24) is 5.32 Å². The van der Waals surface area contributed by atoms with Crippen LogP contribution in [0.4, 0.5) is 0 Å². The second-order valence-corrected chi connectivity index (χ2v) is 6.74. The SMILES string of the molecule is CC(=O)NC(CS(=O)(=O)Cc1ccc(C)cc1)C(=O)O. The lowest BCUT2D eigenvalue weighted by Gasteiger charge is -2.13. The van der Waals surface area contributed by atoms with Crippen molar-refractivity contribution in [3.8, 4) is 0 Å². The maximum atomic E-state index is 12.0. The minimum atomic E-state index is -3.63. The van der Waals surface area contributed by atoms with Gasteiger partial charge in [-0.1, -0.05) is 29.8 Å². The Morgan fingerprint density at radius 1 is 1.25 bits per heavy atom. The fraction of sp³-hybridized carbons (Fsp3) is 0.385. The Labute approximate surface area is 117 Å². The number of nitrogens with one attached hydrogen (secondary N) is 1. The third kappa shape index (κ3) is 5.40. The summed E-state index contributed by atoms with van der Waals surface area (Å²) in [5.74, 6) is -2.83. The highest BCUT2D eigenvalue weighted by atomic mass is 32.2. The smallest absolute Gasteiger partial charge is 0.327 e. The molecule has 110 valence electrons. The Morgan fingerprint density at radius 2 is 1.80 bits per heavy atom. The molecule has 0 bridgehead atoms. The maximum Gasteiger partial charge on any atom is 0.327 e. The van der Waals surface area contributed by atoms with Gasteiger partial charge >= 0.3 is 5.97 Å². The van der Waals surface area contributed by atoms with Crippen molar-refractivity contribution in [3.05, 3.63) is 35.4 Å². The Kier molecular flexibility index (Phi) is 5.26. The highest BCUT2D eigenvalue weighted by Crippen LogP contribution is 2.09. The fourth-order valence-electron chi connectivity index (χ4n) is 1.67. The van der Waals surface area contributed by atoms with Gasteiger partial charge in [0.1, 0.15) is 6.04 Å². The van der Waals surface area contributed by atoms with Crippen LogP contribution in [0.15, 0.2) is 24.3 Å². The number of hydrogen-bond donors (Lipinski definition) is 2. The van der Waals surface area contributed by atoms with Gasteiger partial charge in [0.2, 0.25) is 5.91 Å². The first-order valence-electron chi connectivity index (χ1n) is 5.95. The molecule has 1 aromatic rings. The molecule has 20 heavy (non-hydrogen) atoms. The van der Waals surface area contributed by atoms with Crippen molar-refractivity contribution in [2.45, 2.75) is 25.6 Å². The van der Waals surface area contributed by atoms with Crippen LogP contribution in [0.2, 0.25) is 0 Å². The maximum absolute atomic E-state index is 12.0. The molecule has 0 saturated heterocycles. The topological polar surface area (TPSA) is 101 Å². The van der Waals surface area contributed by atoms with Gasteiger partial charge in [-0.2, -0.15) is 0 Å². The van der Waals surface area contributed by atoms with E-state index in [1.54, 1.807) is 24.3 Å². The molecule has 0 aliphatic carbocycles. The molecule has 2 N–H and O–H groups in total. The zero-order chi connectivity index (χ0) is 15.3. The average Bonchev–Trinajstić information content (AvgIpc) is 2.30. The molecular formula is C13H17NO5S. The van der Waals surface area contributed by atoms with E-state index in [0.717, 1.165) is 12.5 Å². The summed E-state index contributed by atoms with van der Waals surface area (Å²) in [5.41, 5.74) is 1.59. The molecule has 0 saturated carbocycles. The lowest BCUT2D eigenvalue weighted by Crippen LogP contribution is -2.44. The van der Waals surface area contributed by atoms with Crippen LogP contribution < -0.4 is 5.32 Å². The highest BCUT2D eigenvalue weighted by molar-refractivity contribution is 7.90. The lowest BCUT2D eigenvalue weighted by molar-refractivity contribution is -0.140. The van der Waals surface area contributed by atoms with Crippen molar-refractivity contribution >= 4 is 21.7 Å². The van der Waals surface area contributed by atoms with Crippen LogP contribution in [-0.4, -0.2) is 37.2 Å². The molecule has 1 atom stereocenters. The molecule has 0 spiro atoms. The minimum Gasteiger partial charge on any atom is -0.480 e. The highest BCUT2D eigenvalue weighted by Gasteiger charge is 2.26. The van der Waals surface area contributed by atoms with Gasteiger partial charge in [0.05, 0.1) is 11.5 Å². The largest absolute Gasteiger partial charge is 0.480 e. The van der Waals surface area contributed by atoms with Gasteiger partial charge in [0.25, 0.3) is 0 Å². The Hall–Kier alpha value is -1.89. The first kappa shape index (κ1) is 16.2. The first-order chi connectivity index (χ1) is 9.19. The van der Waals surface area contributed by atoms with E-state index in [1.807, 2.05) is 6.92 Å². The van der Waals surface area contributed by atoms with Crippen LogP contribution in [0.3, 0.4) is 0 Å². The number of benzene rings is 1. The molecule has 1 rings (SSSR count). The van der Waals surface area contributed by atoms with Crippen LogP contribution in [0.5, 0.6) is 0 Å². The number of carboxylic acid groups (broad SMARTS) is 1. The Bertz CT molecular complexity index is 592. The van der Waals surface area contributed by atoms with Crippen LogP contribution >= 0.6 is 0 Å². The van der Waals surface area contributed by atoms with Gasteiger partial charge in [-0.25, -0.2) is 13.2 Å². The normalized spacial score (nSPS) is 12.7. The van der Waals surface area contributed by atoms with Crippen LogP contribution in [0.25, 0.3) is 0 Å². The van der Waals surface area contributed by atoms with Crippen molar-refractivity contribution in [3.63, 3.8) is 0 Å². The molecule has 1 amide bonds. The van der Waals surface area contributed by atoms with Crippen molar-refractivity contribution < 1.29 is 23.1 Å². The van der Waals surface area contributed by atoms with Crippen molar-refractivity contribution in [1.29, 1.82) is 0 Å². The molecular weight excluding hydrogens is 282 g/mol. The number of carboxylic acids is 1. The second kappa shape index (κ2) is 6.51. The van der Waals surface area contributed by atoms with Gasteiger partial charge in [0.15, 0.2) is 9.84 Å². The quantitative estimate of drug-likeness (QED) is 0.796. The molecule has 0 aliphatic rings. The number of rotatable bonds is 6. The fourth-order valence-corrected chi connectivity index (χ4v) is 3.22. The van der Waals surface area contributed by atoms with E-state index in [1.165, 1.54) is 0 Å². The van der Waals surface area contributed by atoms with Gasteiger partial charge < -0.3 is 10.4 Å². The number of aliphatic carboxylic acids is 1. The summed E-state index contributed by atoms with van der Waals surface area (Å²) >= 11 is 0. The third-order valence-corrected chi connectivity index (χ3v) is 4.22. The van der Waals surface area contributed by atoms with Crippen LogP contribution in [-0.2, 0) is 25.2 Å². The lowest BCUT2D eigenvalue weighted by atomic mass is 10.2. The number of carbonyl (C=O) groups excluding carboxylic acids is 1. The third-order valence-electron chi connectivity index (χ3n) is 2.60. The number of amides is 1. The zero-order valence-electron chi connectivity index (χ0n) is 11.3. The first-order valence-corrected chi connectivity index (χ1v) is 7.77. The van der Waals surface area contributed by atoms with Crippen molar-refractivity contribution in [2.24, 2.45) is 0 Å². The molecule has 1 unspecified atom stereocenters. The zero-order valence-corrected chi connectivity index (χ0v) is 12.1. The number of aryl methyl sites for hydroxylation is 1. The van der Waals surface area contributed by atoms with E-state index in [0.29, 0.717) is 5.56 Å². The molecule has 6 nitrogen and oxygen atoms in total. The summed E-state index contributed by atoms with van der Waals surface area (Å²) in [6, 6.07) is 5.51. The molecule has 1 aromatic carbocycles. The van der Waals surface area contributed by atoms with Crippen LogP contribution in [0, 0.1) is 6.92 Å².